The van der Waals surface area contributed by atoms with Crippen molar-refractivity contribution in [1.82, 2.24) is 0 Å². The highest BCUT2D eigenvalue weighted by atomic mass is 16.5. The molecule has 3 nitrogen and oxygen atoms in total. The molecule has 0 bridgehead atoms. The molecule has 0 fully saturated rings. The molecule has 1 aliphatic heterocycles. The van der Waals surface area contributed by atoms with Crippen molar-refractivity contribution in [3.63, 3.8) is 0 Å². The molecule has 0 aliphatic carbocycles. The Hall–Kier alpha value is -3.59. The van der Waals surface area contributed by atoms with Crippen molar-refractivity contribution >= 4 is 22.4 Å². The predicted molar refractivity (Wildman–Crippen MR) is 107 cm³/mol. The van der Waals surface area contributed by atoms with E-state index in [-0.39, 0.29) is 5.91 Å². The van der Waals surface area contributed by atoms with Gasteiger partial charge in [0.25, 0.3) is 0 Å². The summed E-state index contributed by atoms with van der Waals surface area (Å²) in [5.41, 5.74) is 2.59. The Kier molecular flexibility index (Phi) is 3.65. The quantitative estimate of drug-likeness (QED) is 0.502. The standard InChI is InChI=1S/C24H17NO2/c26-24(25-20-13-7-9-16-8-1-2-10-17(16)20)23-18-11-3-5-14-21(18)27-22-15-6-4-12-19(22)23/h1-15,23H,(H,25,26). The molecular weight excluding hydrogens is 334 g/mol. The van der Waals surface area contributed by atoms with Gasteiger partial charge < -0.3 is 10.1 Å². The minimum atomic E-state index is -0.412. The molecular formula is C24H17NO2. The van der Waals surface area contributed by atoms with Crippen LogP contribution in [0, 0.1) is 0 Å². The highest BCUT2D eigenvalue weighted by Crippen LogP contribution is 2.44. The van der Waals surface area contributed by atoms with Crippen LogP contribution in [0.1, 0.15) is 17.0 Å². The van der Waals surface area contributed by atoms with E-state index in [1.165, 1.54) is 0 Å². The third-order valence-electron chi connectivity index (χ3n) is 4.99. The van der Waals surface area contributed by atoms with Crippen LogP contribution in [-0.2, 0) is 4.79 Å². The number of benzene rings is 4. The van der Waals surface area contributed by atoms with Gasteiger partial charge in [0.1, 0.15) is 11.5 Å². The van der Waals surface area contributed by atoms with E-state index >= 15 is 0 Å². The fourth-order valence-electron chi connectivity index (χ4n) is 3.73. The highest BCUT2D eigenvalue weighted by Gasteiger charge is 2.32. The third kappa shape index (κ3) is 2.64. The molecule has 4 aromatic rings. The zero-order valence-corrected chi connectivity index (χ0v) is 14.6. The largest absolute Gasteiger partial charge is 0.457 e. The van der Waals surface area contributed by atoms with E-state index in [4.69, 9.17) is 4.74 Å². The zero-order valence-electron chi connectivity index (χ0n) is 14.6. The first kappa shape index (κ1) is 15.6. The number of para-hydroxylation sites is 2. The Morgan fingerprint density at radius 1 is 0.704 bits per heavy atom. The van der Waals surface area contributed by atoms with Gasteiger partial charge >= 0.3 is 0 Å². The van der Waals surface area contributed by atoms with Crippen molar-refractivity contribution in [2.24, 2.45) is 0 Å². The summed E-state index contributed by atoms with van der Waals surface area (Å²) in [6.45, 7) is 0. The molecule has 0 saturated carbocycles. The molecule has 3 heteroatoms. The number of rotatable bonds is 2. The minimum Gasteiger partial charge on any atom is -0.457 e. The van der Waals surface area contributed by atoms with E-state index in [9.17, 15) is 4.79 Å². The van der Waals surface area contributed by atoms with Crippen LogP contribution in [0.5, 0.6) is 11.5 Å². The van der Waals surface area contributed by atoms with Gasteiger partial charge in [0, 0.05) is 22.2 Å². The minimum absolute atomic E-state index is 0.0606. The molecule has 0 unspecified atom stereocenters. The molecule has 0 saturated heterocycles. The van der Waals surface area contributed by atoms with Gasteiger partial charge in [-0.1, -0.05) is 72.8 Å². The van der Waals surface area contributed by atoms with Crippen LogP contribution < -0.4 is 10.1 Å². The normalized spacial score (nSPS) is 12.7. The number of anilines is 1. The highest BCUT2D eigenvalue weighted by molar-refractivity contribution is 6.06. The van der Waals surface area contributed by atoms with E-state index in [1.807, 2.05) is 91.0 Å². The van der Waals surface area contributed by atoms with Crippen LogP contribution in [0.3, 0.4) is 0 Å². The molecule has 0 radical (unpaired) electrons. The predicted octanol–water partition coefficient (Wildman–Crippen LogP) is 5.72. The van der Waals surface area contributed by atoms with Gasteiger partial charge in [0.2, 0.25) is 5.91 Å². The lowest BCUT2D eigenvalue weighted by molar-refractivity contribution is -0.116. The van der Waals surface area contributed by atoms with Crippen molar-refractivity contribution in [3.8, 4) is 11.5 Å². The Morgan fingerprint density at radius 3 is 2.04 bits per heavy atom. The zero-order chi connectivity index (χ0) is 18.2. The average Bonchev–Trinajstić information content (AvgIpc) is 2.72. The summed E-state index contributed by atoms with van der Waals surface area (Å²) in [4.78, 5) is 13.4. The molecule has 1 heterocycles. The fourth-order valence-corrected chi connectivity index (χ4v) is 3.73. The van der Waals surface area contributed by atoms with Gasteiger partial charge in [-0.25, -0.2) is 0 Å². The first-order valence-electron chi connectivity index (χ1n) is 8.95. The summed E-state index contributed by atoms with van der Waals surface area (Å²) in [5, 5.41) is 5.27. The number of fused-ring (bicyclic) bond motifs is 3. The lowest BCUT2D eigenvalue weighted by atomic mass is 9.87. The Balaban J connectivity index is 1.59. The molecule has 1 aliphatic rings. The van der Waals surface area contributed by atoms with E-state index < -0.39 is 5.92 Å². The summed E-state index contributed by atoms with van der Waals surface area (Å²) >= 11 is 0. The lowest BCUT2D eigenvalue weighted by Crippen LogP contribution is -2.25. The van der Waals surface area contributed by atoms with E-state index in [0.29, 0.717) is 0 Å². The maximum Gasteiger partial charge on any atom is 0.236 e. The average molecular weight is 351 g/mol. The van der Waals surface area contributed by atoms with Crippen molar-refractivity contribution in [2.75, 3.05) is 5.32 Å². The molecule has 1 N–H and O–H groups in total. The maximum absolute atomic E-state index is 13.4. The molecule has 4 aromatic carbocycles. The van der Waals surface area contributed by atoms with Gasteiger partial charge in [-0.3, -0.25) is 4.79 Å². The van der Waals surface area contributed by atoms with E-state index in [0.717, 1.165) is 39.1 Å². The summed E-state index contributed by atoms with van der Waals surface area (Å²) in [7, 11) is 0. The van der Waals surface area contributed by atoms with Crippen LogP contribution in [-0.4, -0.2) is 5.91 Å². The molecule has 0 aromatic heterocycles. The summed E-state index contributed by atoms with van der Waals surface area (Å²) in [6.07, 6.45) is 0. The van der Waals surface area contributed by atoms with E-state index in [2.05, 4.69) is 5.32 Å². The van der Waals surface area contributed by atoms with Crippen molar-refractivity contribution in [2.45, 2.75) is 5.92 Å². The van der Waals surface area contributed by atoms with Crippen LogP contribution >= 0.6 is 0 Å². The molecule has 0 atom stereocenters. The number of carbonyl (C=O) groups is 1. The first-order valence-corrected chi connectivity index (χ1v) is 8.95. The lowest BCUT2D eigenvalue weighted by Gasteiger charge is -2.27. The maximum atomic E-state index is 13.4. The number of hydrogen-bond donors (Lipinski definition) is 1. The number of nitrogens with one attached hydrogen (secondary N) is 1. The second-order valence-corrected chi connectivity index (χ2v) is 6.63. The number of hydrogen-bond acceptors (Lipinski definition) is 2. The molecule has 27 heavy (non-hydrogen) atoms. The number of ether oxygens (including phenoxy) is 1. The Labute approximate surface area is 157 Å². The van der Waals surface area contributed by atoms with Crippen LogP contribution in [0.25, 0.3) is 10.8 Å². The summed E-state index contributed by atoms with van der Waals surface area (Å²) in [5.74, 6) is 0.989. The van der Waals surface area contributed by atoms with Crippen LogP contribution in [0.4, 0.5) is 5.69 Å². The molecule has 5 rings (SSSR count). The Bertz CT molecular complexity index is 1110. The van der Waals surface area contributed by atoms with Crippen molar-refractivity contribution in [1.29, 1.82) is 0 Å². The van der Waals surface area contributed by atoms with E-state index in [1.54, 1.807) is 0 Å². The number of carbonyl (C=O) groups excluding carboxylic acids is 1. The summed E-state index contributed by atoms with van der Waals surface area (Å²) < 4.78 is 6.00. The molecule has 1 amide bonds. The third-order valence-corrected chi connectivity index (χ3v) is 4.99. The second kappa shape index (κ2) is 6.29. The number of amides is 1. The van der Waals surface area contributed by atoms with Gasteiger partial charge in [0.05, 0.1) is 5.92 Å². The summed E-state index contributed by atoms with van der Waals surface area (Å²) in [6, 6.07) is 29.5. The second-order valence-electron chi connectivity index (χ2n) is 6.63. The van der Waals surface area contributed by atoms with Crippen LogP contribution in [0.15, 0.2) is 91.0 Å². The van der Waals surface area contributed by atoms with Crippen LogP contribution in [0.2, 0.25) is 0 Å². The van der Waals surface area contributed by atoms with Gasteiger partial charge in [-0.15, -0.1) is 0 Å². The Morgan fingerprint density at radius 2 is 1.30 bits per heavy atom. The van der Waals surface area contributed by atoms with Gasteiger partial charge in [0.15, 0.2) is 0 Å². The first-order chi connectivity index (χ1) is 13.3. The SMILES string of the molecule is O=C(Nc1cccc2ccccc12)C1c2ccccc2Oc2ccccc21. The smallest absolute Gasteiger partial charge is 0.236 e. The monoisotopic (exact) mass is 351 g/mol. The van der Waals surface area contributed by atoms with Crippen molar-refractivity contribution < 1.29 is 9.53 Å². The molecule has 130 valence electrons. The molecule has 0 spiro atoms. The van der Waals surface area contributed by atoms with Gasteiger partial charge in [-0.2, -0.15) is 0 Å². The fraction of sp³-hybridized carbons (Fsp3) is 0.0417. The van der Waals surface area contributed by atoms with Gasteiger partial charge in [-0.05, 0) is 23.6 Å². The topological polar surface area (TPSA) is 38.3 Å². The van der Waals surface area contributed by atoms with Crippen molar-refractivity contribution in [3.05, 3.63) is 102 Å².